The van der Waals surface area contributed by atoms with Gasteiger partial charge in [-0.25, -0.2) is 0 Å². The smallest absolute Gasteiger partial charge is 0.0648 e. The molecule has 0 radical (unpaired) electrons. The number of rotatable bonds is 2. The monoisotopic (exact) mass is 241 g/mol. The lowest BCUT2D eigenvalue weighted by Gasteiger charge is -2.21. The van der Waals surface area contributed by atoms with E-state index in [-0.39, 0.29) is 6.04 Å². The van der Waals surface area contributed by atoms with E-state index in [1.54, 1.807) is 0 Å². The number of aromatic nitrogens is 2. The first-order valence-corrected chi connectivity index (χ1v) is 6.59. The lowest BCUT2D eigenvalue weighted by Crippen LogP contribution is -2.18. The molecular formula is C15H19N3. The van der Waals surface area contributed by atoms with E-state index in [0.29, 0.717) is 0 Å². The maximum atomic E-state index is 6.15. The van der Waals surface area contributed by atoms with E-state index >= 15 is 0 Å². The summed E-state index contributed by atoms with van der Waals surface area (Å²) in [4.78, 5) is 4.47. The number of nitrogens with zero attached hydrogens (tertiary/aromatic N) is 2. The molecule has 1 atom stereocenters. The van der Waals surface area contributed by atoms with Crippen molar-refractivity contribution in [2.75, 3.05) is 0 Å². The number of aryl methyl sites for hydroxylation is 1. The first-order valence-electron chi connectivity index (χ1n) is 6.59. The van der Waals surface area contributed by atoms with Crippen LogP contribution in [0.15, 0.2) is 30.6 Å². The van der Waals surface area contributed by atoms with Gasteiger partial charge < -0.3 is 10.3 Å². The summed E-state index contributed by atoms with van der Waals surface area (Å²) in [7, 11) is 0. The largest absolute Gasteiger partial charge is 0.345 e. The van der Waals surface area contributed by atoms with Crippen molar-refractivity contribution in [2.45, 2.75) is 38.8 Å². The van der Waals surface area contributed by atoms with Crippen molar-refractivity contribution in [3.8, 4) is 0 Å². The van der Waals surface area contributed by atoms with Crippen molar-refractivity contribution < 1.29 is 0 Å². The zero-order valence-electron chi connectivity index (χ0n) is 10.8. The molecule has 0 amide bonds. The standard InChI is InChI=1S/C15H19N3/c1-11-4-3-8-17-14(11)10-18-9-7-12-13(16)5-2-6-15(12)18/h3-4,7-9,13H,2,5-6,10,16H2,1H3. The summed E-state index contributed by atoms with van der Waals surface area (Å²) in [6, 6.07) is 6.50. The number of fused-ring (bicyclic) bond motifs is 1. The summed E-state index contributed by atoms with van der Waals surface area (Å²) in [5, 5.41) is 0. The van der Waals surface area contributed by atoms with E-state index in [0.717, 1.165) is 25.1 Å². The van der Waals surface area contributed by atoms with E-state index in [1.165, 1.54) is 23.2 Å². The summed E-state index contributed by atoms with van der Waals surface area (Å²) < 4.78 is 2.31. The number of nitrogens with two attached hydrogens (primary N) is 1. The van der Waals surface area contributed by atoms with Gasteiger partial charge in [0.2, 0.25) is 0 Å². The molecule has 3 heteroatoms. The minimum Gasteiger partial charge on any atom is -0.345 e. The van der Waals surface area contributed by atoms with Crippen molar-refractivity contribution >= 4 is 0 Å². The van der Waals surface area contributed by atoms with Crippen LogP contribution in [0.1, 0.15) is 41.4 Å². The van der Waals surface area contributed by atoms with Crippen molar-refractivity contribution in [1.29, 1.82) is 0 Å². The van der Waals surface area contributed by atoms with E-state index < -0.39 is 0 Å². The van der Waals surface area contributed by atoms with Gasteiger partial charge in [-0.05, 0) is 49.4 Å². The Labute approximate surface area is 108 Å². The van der Waals surface area contributed by atoms with Crippen LogP contribution < -0.4 is 5.73 Å². The molecular weight excluding hydrogens is 222 g/mol. The number of pyridine rings is 1. The summed E-state index contributed by atoms with van der Waals surface area (Å²) in [6.45, 7) is 2.97. The Morgan fingerprint density at radius 3 is 3.17 bits per heavy atom. The average molecular weight is 241 g/mol. The molecule has 0 aromatic carbocycles. The van der Waals surface area contributed by atoms with Crippen molar-refractivity contribution in [1.82, 2.24) is 9.55 Å². The third-order valence-corrected chi connectivity index (χ3v) is 3.88. The van der Waals surface area contributed by atoms with Gasteiger partial charge in [0.15, 0.2) is 0 Å². The van der Waals surface area contributed by atoms with E-state index in [9.17, 15) is 0 Å². The molecule has 2 heterocycles. The van der Waals surface area contributed by atoms with Crippen LogP contribution >= 0.6 is 0 Å². The molecule has 2 aromatic heterocycles. The average Bonchev–Trinajstić information content (AvgIpc) is 2.77. The molecule has 2 N–H and O–H groups in total. The van der Waals surface area contributed by atoms with Crippen LogP contribution in [-0.2, 0) is 13.0 Å². The fourth-order valence-corrected chi connectivity index (χ4v) is 2.79. The molecule has 3 nitrogen and oxygen atoms in total. The van der Waals surface area contributed by atoms with Crippen LogP contribution in [0.5, 0.6) is 0 Å². The molecule has 3 rings (SSSR count). The second kappa shape index (κ2) is 4.58. The van der Waals surface area contributed by atoms with Crippen LogP contribution in [0, 0.1) is 6.92 Å². The highest BCUT2D eigenvalue weighted by Crippen LogP contribution is 2.29. The fraction of sp³-hybridized carbons (Fsp3) is 0.400. The second-order valence-electron chi connectivity index (χ2n) is 5.11. The Morgan fingerprint density at radius 2 is 2.33 bits per heavy atom. The third kappa shape index (κ3) is 1.95. The molecule has 0 aliphatic heterocycles. The summed E-state index contributed by atoms with van der Waals surface area (Å²) in [5.74, 6) is 0. The SMILES string of the molecule is Cc1cccnc1Cn1ccc2c1CCCC2N. The molecule has 0 saturated carbocycles. The molecule has 2 aromatic rings. The topological polar surface area (TPSA) is 43.8 Å². The van der Waals surface area contributed by atoms with E-state index in [2.05, 4.69) is 34.8 Å². The Balaban J connectivity index is 1.92. The fourth-order valence-electron chi connectivity index (χ4n) is 2.79. The zero-order valence-corrected chi connectivity index (χ0v) is 10.8. The zero-order chi connectivity index (χ0) is 12.5. The molecule has 0 fully saturated rings. The molecule has 0 saturated heterocycles. The van der Waals surface area contributed by atoms with Crippen LogP contribution in [0.4, 0.5) is 0 Å². The predicted molar refractivity (Wildman–Crippen MR) is 72.4 cm³/mol. The van der Waals surface area contributed by atoms with Gasteiger partial charge in [-0.15, -0.1) is 0 Å². The Hall–Kier alpha value is -1.61. The van der Waals surface area contributed by atoms with Gasteiger partial charge in [-0.2, -0.15) is 0 Å². The van der Waals surface area contributed by atoms with Gasteiger partial charge in [0.1, 0.15) is 0 Å². The minimum absolute atomic E-state index is 0.222. The summed E-state index contributed by atoms with van der Waals surface area (Å²) >= 11 is 0. The van der Waals surface area contributed by atoms with Crippen molar-refractivity contribution in [3.05, 3.63) is 53.1 Å². The van der Waals surface area contributed by atoms with E-state index in [4.69, 9.17) is 5.73 Å². The molecule has 1 unspecified atom stereocenters. The maximum absolute atomic E-state index is 6.15. The highest BCUT2D eigenvalue weighted by molar-refractivity contribution is 5.29. The van der Waals surface area contributed by atoms with Gasteiger partial charge in [-0.3, -0.25) is 4.98 Å². The molecule has 0 bridgehead atoms. The van der Waals surface area contributed by atoms with E-state index in [1.807, 2.05) is 12.3 Å². The molecule has 18 heavy (non-hydrogen) atoms. The predicted octanol–water partition coefficient (Wildman–Crippen LogP) is 2.58. The van der Waals surface area contributed by atoms with Crippen LogP contribution in [0.25, 0.3) is 0 Å². The van der Waals surface area contributed by atoms with Crippen molar-refractivity contribution in [3.63, 3.8) is 0 Å². The lowest BCUT2D eigenvalue weighted by atomic mass is 9.93. The Bertz CT molecular complexity index is 557. The summed E-state index contributed by atoms with van der Waals surface area (Å²) in [6.07, 6.45) is 7.47. The van der Waals surface area contributed by atoms with Gasteiger partial charge in [0.25, 0.3) is 0 Å². The number of hydrogen-bond acceptors (Lipinski definition) is 2. The molecule has 1 aliphatic carbocycles. The Morgan fingerprint density at radius 1 is 1.44 bits per heavy atom. The number of hydrogen-bond donors (Lipinski definition) is 1. The quantitative estimate of drug-likeness (QED) is 0.878. The van der Waals surface area contributed by atoms with Crippen molar-refractivity contribution in [2.24, 2.45) is 5.73 Å². The second-order valence-corrected chi connectivity index (χ2v) is 5.11. The van der Waals surface area contributed by atoms with Gasteiger partial charge in [-0.1, -0.05) is 6.07 Å². The molecule has 1 aliphatic rings. The first kappa shape index (κ1) is 11.5. The van der Waals surface area contributed by atoms with Crippen LogP contribution in [0.3, 0.4) is 0 Å². The summed E-state index contributed by atoms with van der Waals surface area (Å²) in [5.41, 5.74) is 11.3. The first-order chi connectivity index (χ1) is 8.75. The highest BCUT2D eigenvalue weighted by atomic mass is 15.0. The van der Waals surface area contributed by atoms with Gasteiger partial charge in [0.05, 0.1) is 12.2 Å². The minimum atomic E-state index is 0.222. The lowest BCUT2D eigenvalue weighted by molar-refractivity contribution is 0.546. The normalized spacial score (nSPS) is 18.7. The van der Waals surface area contributed by atoms with Crippen LogP contribution in [0.2, 0.25) is 0 Å². The third-order valence-electron chi connectivity index (χ3n) is 3.88. The molecule has 94 valence electrons. The van der Waals surface area contributed by atoms with Gasteiger partial charge in [0, 0.05) is 24.1 Å². The Kier molecular flexibility index (Phi) is 2.92. The molecule has 0 spiro atoms. The van der Waals surface area contributed by atoms with Crippen LogP contribution in [-0.4, -0.2) is 9.55 Å². The maximum Gasteiger partial charge on any atom is 0.0648 e. The highest BCUT2D eigenvalue weighted by Gasteiger charge is 2.20. The van der Waals surface area contributed by atoms with Gasteiger partial charge >= 0.3 is 0 Å².